The summed E-state index contributed by atoms with van der Waals surface area (Å²) in [7, 11) is 2.14. The van der Waals surface area contributed by atoms with Crippen LogP contribution in [0.1, 0.15) is 36.8 Å². The molecule has 32 heavy (non-hydrogen) atoms. The van der Waals surface area contributed by atoms with Crippen LogP contribution in [-0.2, 0) is 11.3 Å². The maximum atomic E-state index is 13.3. The number of rotatable bonds is 6. The number of nitrogens with one attached hydrogen (secondary N) is 1. The highest BCUT2D eigenvalue weighted by Gasteiger charge is 2.54. The molecule has 5 rings (SSSR count). The summed E-state index contributed by atoms with van der Waals surface area (Å²) in [6.07, 6.45) is 2.15. The number of epoxide rings is 1. The quantitative estimate of drug-likeness (QED) is 0.697. The summed E-state index contributed by atoms with van der Waals surface area (Å²) in [4.78, 5) is 7.29. The summed E-state index contributed by atoms with van der Waals surface area (Å²) in [5.74, 6) is 0.0232. The average molecular weight is 439 g/mol. The number of likely N-dealkylation sites (tertiary alicyclic amines) is 1. The molecule has 2 atom stereocenters. The summed E-state index contributed by atoms with van der Waals surface area (Å²) < 4.78 is 19.3. The third-order valence-electron chi connectivity index (χ3n) is 7.44. The van der Waals surface area contributed by atoms with Gasteiger partial charge in [-0.15, -0.1) is 0 Å². The van der Waals surface area contributed by atoms with Crippen LogP contribution in [0.4, 0.5) is 10.1 Å². The van der Waals surface area contributed by atoms with Gasteiger partial charge in [-0.1, -0.05) is 24.3 Å². The standard InChI is InChI=1S/C26H35FN4O/c1-20-17-30(16-13-28-20)18-21-3-9-25(10-4-21)29(2)26(19-32-26)31-14-11-23(12-15-31)22-5-7-24(27)8-6-22/h3-10,20,23,28H,11-19H2,1-2H3. The lowest BCUT2D eigenvalue weighted by Gasteiger charge is -2.40. The number of hydrogen-bond donors (Lipinski definition) is 1. The van der Waals surface area contributed by atoms with E-state index in [9.17, 15) is 4.39 Å². The normalized spacial score (nSPS) is 27.4. The van der Waals surface area contributed by atoms with E-state index in [4.69, 9.17) is 4.74 Å². The highest BCUT2D eigenvalue weighted by molar-refractivity contribution is 5.50. The van der Waals surface area contributed by atoms with Gasteiger partial charge in [0.05, 0.1) is 0 Å². The third kappa shape index (κ3) is 4.55. The number of hydrogen-bond acceptors (Lipinski definition) is 5. The van der Waals surface area contributed by atoms with Gasteiger partial charge in [-0.2, -0.15) is 0 Å². The molecule has 0 aromatic heterocycles. The molecule has 0 amide bonds. The lowest BCUT2D eigenvalue weighted by atomic mass is 9.89. The van der Waals surface area contributed by atoms with Crippen molar-refractivity contribution in [3.63, 3.8) is 0 Å². The summed E-state index contributed by atoms with van der Waals surface area (Å²) >= 11 is 0. The lowest BCUT2D eigenvalue weighted by molar-refractivity contribution is 0.0547. The minimum absolute atomic E-state index is 0.161. The molecule has 3 aliphatic heterocycles. The molecule has 0 spiro atoms. The Balaban J connectivity index is 1.19. The summed E-state index contributed by atoms with van der Waals surface area (Å²) in [6.45, 7) is 9.27. The summed E-state index contributed by atoms with van der Waals surface area (Å²) in [5, 5.41) is 3.51. The Kier molecular flexibility index (Phi) is 6.21. The Morgan fingerprint density at radius 2 is 1.75 bits per heavy atom. The fraction of sp³-hybridized carbons (Fsp3) is 0.538. The van der Waals surface area contributed by atoms with Crippen molar-refractivity contribution >= 4 is 5.69 Å². The van der Waals surface area contributed by atoms with Crippen molar-refractivity contribution in [2.24, 2.45) is 0 Å². The van der Waals surface area contributed by atoms with Gasteiger partial charge in [0.2, 0.25) is 5.85 Å². The van der Waals surface area contributed by atoms with E-state index in [1.54, 1.807) is 12.1 Å². The molecule has 0 aliphatic carbocycles. The van der Waals surface area contributed by atoms with Gasteiger partial charge < -0.3 is 15.0 Å². The third-order valence-corrected chi connectivity index (χ3v) is 7.44. The van der Waals surface area contributed by atoms with Crippen LogP contribution in [0.25, 0.3) is 0 Å². The van der Waals surface area contributed by atoms with Crippen LogP contribution in [0, 0.1) is 5.82 Å². The monoisotopic (exact) mass is 438 g/mol. The molecule has 3 aliphatic rings. The first kappa shape index (κ1) is 21.8. The fourth-order valence-corrected chi connectivity index (χ4v) is 5.39. The van der Waals surface area contributed by atoms with Crippen molar-refractivity contribution in [2.75, 3.05) is 51.3 Å². The van der Waals surface area contributed by atoms with Crippen molar-refractivity contribution in [3.05, 3.63) is 65.5 Å². The van der Waals surface area contributed by atoms with Crippen LogP contribution >= 0.6 is 0 Å². The molecule has 0 radical (unpaired) electrons. The number of piperazine rings is 1. The van der Waals surface area contributed by atoms with E-state index in [1.165, 1.54) is 16.8 Å². The second-order valence-electron chi connectivity index (χ2n) is 9.66. The highest BCUT2D eigenvalue weighted by Crippen LogP contribution is 2.41. The van der Waals surface area contributed by atoms with Crippen LogP contribution in [0.3, 0.4) is 0 Å². The molecular formula is C26H35FN4O. The first-order valence-corrected chi connectivity index (χ1v) is 12.0. The van der Waals surface area contributed by atoms with Gasteiger partial charge in [-0.25, -0.2) is 4.39 Å². The van der Waals surface area contributed by atoms with Crippen LogP contribution in [0.5, 0.6) is 0 Å². The van der Waals surface area contributed by atoms with Crippen molar-refractivity contribution in [1.29, 1.82) is 0 Å². The lowest BCUT2D eigenvalue weighted by Crippen LogP contribution is -2.53. The molecule has 172 valence electrons. The zero-order chi connectivity index (χ0) is 22.1. The second kappa shape index (κ2) is 9.10. The van der Waals surface area contributed by atoms with E-state index in [1.807, 2.05) is 12.1 Å². The Bertz CT molecular complexity index is 891. The van der Waals surface area contributed by atoms with Crippen molar-refractivity contribution in [1.82, 2.24) is 15.1 Å². The maximum absolute atomic E-state index is 13.3. The zero-order valence-corrected chi connectivity index (χ0v) is 19.3. The number of anilines is 1. The van der Waals surface area contributed by atoms with Crippen LogP contribution in [0.15, 0.2) is 48.5 Å². The molecule has 3 saturated heterocycles. The Morgan fingerprint density at radius 3 is 2.38 bits per heavy atom. The number of benzene rings is 2. The first-order chi connectivity index (χ1) is 15.5. The number of piperidine rings is 1. The molecule has 1 N–H and O–H groups in total. The van der Waals surface area contributed by atoms with Gasteiger partial charge in [0.25, 0.3) is 0 Å². The highest BCUT2D eigenvalue weighted by atomic mass is 19.1. The van der Waals surface area contributed by atoms with Gasteiger partial charge in [0.1, 0.15) is 12.4 Å². The molecule has 0 bridgehead atoms. The average Bonchev–Trinajstić information content (AvgIpc) is 3.62. The smallest absolute Gasteiger partial charge is 0.225 e. The van der Waals surface area contributed by atoms with E-state index < -0.39 is 0 Å². The van der Waals surface area contributed by atoms with E-state index >= 15 is 0 Å². The van der Waals surface area contributed by atoms with Gasteiger partial charge in [0.15, 0.2) is 0 Å². The van der Waals surface area contributed by atoms with Crippen molar-refractivity contribution < 1.29 is 9.13 Å². The number of likely N-dealkylation sites (N-methyl/N-ethyl adjacent to an activating group) is 1. The fourth-order valence-electron chi connectivity index (χ4n) is 5.39. The molecule has 0 saturated carbocycles. The van der Waals surface area contributed by atoms with E-state index in [-0.39, 0.29) is 11.7 Å². The van der Waals surface area contributed by atoms with Crippen LogP contribution in [0.2, 0.25) is 0 Å². The minimum Gasteiger partial charge on any atom is -0.334 e. The zero-order valence-electron chi connectivity index (χ0n) is 19.3. The van der Waals surface area contributed by atoms with Gasteiger partial charge in [0, 0.05) is 58.0 Å². The second-order valence-corrected chi connectivity index (χ2v) is 9.66. The Labute approximate surface area is 191 Å². The number of halogens is 1. The molecule has 2 aromatic carbocycles. The molecule has 3 fully saturated rings. The number of ether oxygens (including phenoxy) is 1. The first-order valence-electron chi connectivity index (χ1n) is 12.0. The molecule has 2 unspecified atom stereocenters. The van der Waals surface area contributed by atoms with Crippen LogP contribution < -0.4 is 10.2 Å². The largest absolute Gasteiger partial charge is 0.334 e. The SMILES string of the molecule is CC1CN(Cc2ccc(N(C)C3(N4CCC(c5ccc(F)cc5)CC4)CO3)cc2)CCN1. The molecule has 5 nitrogen and oxygen atoms in total. The van der Waals surface area contributed by atoms with Gasteiger partial charge in [-0.3, -0.25) is 9.80 Å². The molecule has 2 aromatic rings. The Morgan fingerprint density at radius 1 is 1.06 bits per heavy atom. The Hall–Kier alpha value is -1.99. The molecule has 6 heteroatoms. The van der Waals surface area contributed by atoms with E-state index in [0.29, 0.717) is 12.0 Å². The minimum atomic E-state index is -0.316. The predicted octanol–water partition coefficient (Wildman–Crippen LogP) is 3.62. The molecular weight excluding hydrogens is 403 g/mol. The van der Waals surface area contributed by atoms with E-state index in [0.717, 1.165) is 58.7 Å². The number of nitrogens with zero attached hydrogens (tertiary/aromatic N) is 3. The van der Waals surface area contributed by atoms with Crippen LogP contribution in [-0.4, -0.2) is 68.1 Å². The maximum Gasteiger partial charge on any atom is 0.225 e. The topological polar surface area (TPSA) is 34.3 Å². The van der Waals surface area contributed by atoms with Gasteiger partial charge >= 0.3 is 0 Å². The molecule has 3 heterocycles. The van der Waals surface area contributed by atoms with Crippen molar-refractivity contribution in [3.8, 4) is 0 Å². The summed E-state index contributed by atoms with van der Waals surface area (Å²) in [5.41, 5.74) is 3.81. The summed E-state index contributed by atoms with van der Waals surface area (Å²) in [6, 6.07) is 16.6. The predicted molar refractivity (Wildman–Crippen MR) is 126 cm³/mol. The van der Waals surface area contributed by atoms with Gasteiger partial charge in [-0.05, 0) is 61.1 Å². The van der Waals surface area contributed by atoms with Crippen molar-refractivity contribution in [2.45, 2.75) is 44.1 Å². The van der Waals surface area contributed by atoms with E-state index in [2.05, 4.69) is 58.3 Å².